The lowest BCUT2D eigenvalue weighted by Crippen LogP contribution is -2.43. The van der Waals surface area contributed by atoms with Gasteiger partial charge in [0.2, 0.25) is 21.8 Å². The molecule has 0 radical (unpaired) electrons. The van der Waals surface area contributed by atoms with Crippen molar-refractivity contribution in [1.29, 1.82) is 0 Å². The number of aryl methyl sites for hydroxylation is 1. The van der Waals surface area contributed by atoms with Crippen molar-refractivity contribution in [2.45, 2.75) is 11.8 Å². The molecular formula is C11H15FN4O4S. The first kappa shape index (κ1) is 16.9. The number of sulfonamides is 1. The Hall–Kier alpha value is -2.20. The van der Waals surface area contributed by atoms with E-state index in [1.54, 1.807) is 0 Å². The van der Waals surface area contributed by atoms with Gasteiger partial charge in [-0.2, -0.15) is 4.31 Å². The van der Waals surface area contributed by atoms with E-state index in [0.717, 1.165) is 12.1 Å². The minimum Gasteiger partial charge on any atom is -0.398 e. The molecule has 116 valence electrons. The molecule has 10 heteroatoms. The molecular weight excluding hydrogens is 303 g/mol. The number of primary amides is 2. The van der Waals surface area contributed by atoms with E-state index in [0.29, 0.717) is 9.87 Å². The summed E-state index contributed by atoms with van der Waals surface area (Å²) in [7, 11) is -4.48. The van der Waals surface area contributed by atoms with Crippen LogP contribution in [0.1, 0.15) is 5.56 Å². The van der Waals surface area contributed by atoms with E-state index in [2.05, 4.69) is 0 Å². The number of halogens is 1. The predicted molar refractivity (Wildman–Crippen MR) is 72.7 cm³/mol. The Labute approximate surface area is 120 Å². The van der Waals surface area contributed by atoms with Crippen molar-refractivity contribution in [2.24, 2.45) is 11.5 Å². The van der Waals surface area contributed by atoms with Crippen LogP contribution >= 0.6 is 0 Å². The third-order valence-corrected chi connectivity index (χ3v) is 4.41. The third-order valence-electron chi connectivity index (χ3n) is 2.60. The zero-order valence-corrected chi connectivity index (χ0v) is 12.0. The summed E-state index contributed by atoms with van der Waals surface area (Å²) in [6, 6.07) is 1.85. The number of carbonyl (C=O) groups excluding carboxylic acids is 2. The smallest absolute Gasteiger partial charge is 0.247 e. The fraction of sp³-hybridized carbons (Fsp3) is 0.273. The van der Waals surface area contributed by atoms with Gasteiger partial charge in [-0.05, 0) is 24.6 Å². The molecule has 0 heterocycles. The molecule has 0 saturated heterocycles. The van der Waals surface area contributed by atoms with Gasteiger partial charge >= 0.3 is 0 Å². The van der Waals surface area contributed by atoms with E-state index < -0.39 is 45.6 Å². The van der Waals surface area contributed by atoms with Gasteiger partial charge in [-0.3, -0.25) is 9.59 Å². The number of hydrogen-bond acceptors (Lipinski definition) is 5. The number of amides is 2. The average molecular weight is 318 g/mol. The standard InChI is InChI=1S/C11H15FN4O4S/c1-6-2-7(12)9(3-8(6)13)21(19,20)16(4-10(14)17)5-11(15)18/h2-3H,4-5,13H2,1H3,(H2,14,17)(H2,15,18). The molecule has 1 aromatic rings. The van der Waals surface area contributed by atoms with Crippen LogP contribution in [-0.4, -0.2) is 37.6 Å². The van der Waals surface area contributed by atoms with Gasteiger partial charge in [-0.1, -0.05) is 0 Å². The summed E-state index contributed by atoms with van der Waals surface area (Å²) in [4.78, 5) is 21.1. The molecule has 0 aliphatic carbocycles. The number of anilines is 1. The van der Waals surface area contributed by atoms with Gasteiger partial charge in [0, 0.05) is 5.69 Å². The molecule has 0 atom stereocenters. The van der Waals surface area contributed by atoms with Crippen molar-refractivity contribution in [3.8, 4) is 0 Å². The first-order valence-corrected chi connectivity index (χ1v) is 7.12. The first-order valence-electron chi connectivity index (χ1n) is 5.68. The Bertz CT molecular complexity index is 674. The van der Waals surface area contributed by atoms with E-state index in [4.69, 9.17) is 17.2 Å². The number of hydrogen-bond donors (Lipinski definition) is 3. The lowest BCUT2D eigenvalue weighted by molar-refractivity contribution is -0.120. The summed E-state index contributed by atoms with van der Waals surface area (Å²) in [6.45, 7) is -0.115. The number of rotatable bonds is 6. The number of carbonyl (C=O) groups is 2. The highest BCUT2D eigenvalue weighted by molar-refractivity contribution is 7.89. The van der Waals surface area contributed by atoms with Crippen LogP contribution in [0, 0.1) is 12.7 Å². The van der Waals surface area contributed by atoms with Gasteiger partial charge in [0.1, 0.15) is 10.7 Å². The van der Waals surface area contributed by atoms with Crippen molar-refractivity contribution >= 4 is 27.5 Å². The van der Waals surface area contributed by atoms with E-state index >= 15 is 0 Å². The van der Waals surface area contributed by atoms with Crippen molar-refractivity contribution in [3.05, 3.63) is 23.5 Å². The zero-order chi connectivity index (χ0) is 16.4. The molecule has 0 aliphatic heterocycles. The molecule has 1 rings (SSSR count). The minimum atomic E-state index is -4.48. The SMILES string of the molecule is Cc1cc(F)c(S(=O)(=O)N(CC(N)=O)CC(N)=O)cc1N. The second-order valence-electron chi connectivity index (χ2n) is 4.34. The maximum atomic E-state index is 13.9. The maximum Gasteiger partial charge on any atom is 0.247 e. The summed E-state index contributed by atoms with van der Waals surface area (Å²) in [6.07, 6.45) is 0. The topological polar surface area (TPSA) is 150 Å². The molecule has 6 N–H and O–H groups in total. The third kappa shape index (κ3) is 3.89. The van der Waals surface area contributed by atoms with Crippen molar-refractivity contribution in [3.63, 3.8) is 0 Å². The Kier molecular flexibility index (Phi) is 4.86. The summed E-state index contributed by atoms with van der Waals surface area (Å²) in [5.74, 6) is -3.08. The molecule has 2 amide bonds. The second-order valence-corrected chi connectivity index (χ2v) is 6.25. The van der Waals surface area contributed by atoms with E-state index in [1.165, 1.54) is 6.92 Å². The van der Waals surface area contributed by atoms with Crippen LogP contribution in [0.2, 0.25) is 0 Å². The zero-order valence-electron chi connectivity index (χ0n) is 11.2. The molecule has 1 aromatic carbocycles. The molecule has 0 spiro atoms. The van der Waals surface area contributed by atoms with Crippen LogP contribution in [0.3, 0.4) is 0 Å². The van der Waals surface area contributed by atoms with Gasteiger partial charge in [0.15, 0.2) is 0 Å². The largest absolute Gasteiger partial charge is 0.398 e. The molecule has 0 saturated carbocycles. The molecule has 0 bridgehead atoms. The quantitative estimate of drug-likeness (QED) is 0.556. The Morgan fingerprint density at radius 3 is 2.10 bits per heavy atom. The van der Waals surface area contributed by atoms with Crippen LogP contribution in [0.25, 0.3) is 0 Å². The molecule has 0 aromatic heterocycles. The Morgan fingerprint density at radius 1 is 1.19 bits per heavy atom. The monoisotopic (exact) mass is 318 g/mol. The van der Waals surface area contributed by atoms with Gasteiger partial charge in [-0.15, -0.1) is 0 Å². The molecule has 0 aliphatic rings. The Balaban J connectivity index is 3.38. The van der Waals surface area contributed by atoms with E-state index in [1.807, 2.05) is 0 Å². The maximum absolute atomic E-state index is 13.9. The summed E-state index contributed by atoms with van der Waals surface area (Å²) < 4.78 is 38.9. The van der Waals surface area contributed by atoms with E-state index in [9.17, 15) is 22.4 Å². The average Bonchev–Trinajstić information content (AvgIpc) is 2.31. The van der Waals surface area contributed by atoms with Crippen LogP contribution < -0.4 is 17.2 Å². The highest BCUT2D eigenvalue weighted by Crippen LogP contribution is 2.24. The first-order chi connectivity index (χ1) is 9.55. The fourth-order valence-corrected chi connectivity index (χ4v) is 3.03. The lowest BCUT2D eigenvalue weighted by Gasteiger charge is -2.20. The van der Waals surface area contributed by atoms with Gasteiger partial charge in [0.25, 0.3) is 0 Å². The van der Waals surface area contributed by atoms with Crippen LogP contribution in [-0.2, 0) is 19.6 Å². The highest BCUT2D eigenvalue weighted by atomic mass is 32.2. The number of nitrogens with two attached hydrogens (primary N) is 3. The molecule has 8 nitrogen and oxygen atoms in total. The summed E-state index contributed by atoms with van der Waals surface area (Å²) in [5, 5.41) is 0. The van der Waals surface area contributed by atoms with Gasteiger partial charge in [0.05, 0.1) is 13.1 Å². The molecule has 0 fully saturated rings. The van der Waals surface area contributed by atoms with Crippen LogP contribution in [0.15, 0.2) is 17.0 Å². The number of nitrogens with zero attached hydrogens (tertiary/aromatic N) is 1. The predicted octanol–water partition coefficient (Wildman–Crippen LogP) is -1.32. The summed E-state index contributed by atoms with van der Waals surface area (Å²) >= 11 is 0. The minimum absolute atomic E-state index is 0.0491. The van der Waals surface area contributed by atoms with Gasteiger partial charge < -0.3 is 17.2 Å². The lowest BCUT2D eigenvalue weighted by atomic mass is 10.2. The van der Waals surface area contributed by atoms with Gasteiger partial charge in [-0.25, -0.2) is 12.8 Å². The number of nitrogen functional groups attached to an aromatic ring is 1. The van der Waals surface area contributed by atoms with Crippen molar-refractivity contribution < 1.29 is 22.4 Å². The van der Waals surface area contributed by atoms with Crippen LogP contribution in [0.5, 0.6) is 0 Å². The molecule has 21 heavy (non-hydrogen) atoms. The molecule has 0 unspecified atom stereocenters. The second kappa shape index (κ2) is 6.06. The number of benzene rings is 1. The van der Waals surface area contributed by atoms with E-state index in [-0.39, 0.29) is 5.69 Å². The van der Waals surface area contributed by atoms with Crippen molar-refractivity contribution in [2.75, 3.05) is 18.8 Å². The summed E-state index contributed by atoms with van der Waals surface area (Å²) in [5.41, 5.74) is 15.8. The van der Waals surface area contributed by atoms with Crippen LogP contribution in [0.4, 0.5) is 10.1 Å². The fourth-order valence-electron chi connectivity index (χ4n) is 1.58. The van der Waals surface area contributed by atoms with Crippen molar-refractivity contribution in [1.82, 2.24) is 4.31 Å². The normalized spacial score (nSPS) is 11.6. The highest BCUT2D eigenvalue weighted by Gasteiger charge is 2.30. The Morgan fingerprint density at radius 2 is 1.67 bits per heavy atom.